The number of nitrogens with zero attached hydrogens (tertiary/aromatic N) is 1. The third-order valence-corrected chi connectivity index (χ3v) is 4.61. The first kappa shape index (κ1) is 16.2. The summed E-state index contributed by atoms with van der Waals surface area (Å²) in [5.41, 5.74) is 4.67. The van der Waals surface area contributed by atoms with Crippen LogP contribution in [-0.2, 0) is 9.59 Å². The lowest BCUT2D eigenvalue weighted by Gasteiger charge is -2.26. The molecule has 0 unspecified atom stereocenters. The molecular weight excluding hydrogens is 302 g/mol. The average Bonchev–Trinajstić information content (AvgIpc) is 2.92. The minimum Gasteiger partial charge on any atom is -0.481 e. The lowest BCUT2D eigenvalue weighted by molar-refractivity contribution is -0.137. The Hall–Kier alpha value is -2.62. The normalized spacial score (nSPS) is 12.5. The number of carbonyl (C=O) groups excluding carboxylic acids is 1. The van der Waals surface area contributed by atoms with Gasteiger partial charge in [0.05, 0.1) is 6.04 Å². The Morgan fingerprint density at radius 2 is 1.42 bits per heavy atom. The van der Waals surface area contributed by atoms with Crippen LogP contribution in [0, 0.1) is 0 Å². The zero-order valence-electron chi connectivity index (χ0n) is 13.7. The number of carbonyl (C=O) groups is 2. The van der Waals surface area contributed by atoms with Gasteiger partial charge < -0.3 is 10.0 Å². The molecule has 1 amide bonds. The molecule has 1 N–H and O–H groups in total. The molecule has 0 spiro atoms. The summed E-state index contributed by atoms with van der Waals surface area (Å²) < 4.78 is 0. The monoisotopic (exact) mass is 323 g/mol. The molecule has 0 radical (unpaired) electrons. The van der Waals surface area contributed by atoms with Crippen molar-refractivity contribution in [1.82, 2.24) is 4.90 Å². The first-order chi connectivity index (χ1) is 11.6. The quantitative estimate of drug-likeness (QED) is 0.821. The number of hydrogen-bond donors (Lipinski definition) is 1. The maximum atomic E-state index is 12.6. The van der Waals surface area contributed by atoms with Crippen LogP contribution in [-0.4, -0.2) is 28.9 Å². The number of carboxylic acid groups (broad SMARTS) is 1. The van der Waals surface area contributed by atoms with Crippen LogP contribution in [0.1, 0.15) is 42.9 Å². The van der Waals surface area contributed by atoms with Crippen LogP contribution in [0.15, 0.2) is 48.5 Å². The van der Waals surface area contributed by atoms with Gasteiger partial charge in [-0.3, -0.25) is 9.59 Å². The van der Waals surface area contributed by atoms with Gasteiger partial charge in [0.1, 0.15) is 0 Å². The fourth-order valence-electron chi connectivity index (χ4n) is 3.42. The van der Waals surface area contributed by atoms with Crippen molar-refractivity contribution in [1.29, 1.82) is 0 Å². The highest BCUT2D eigenvalue weighted by atomic mass is 16.4. The van der Waals surface area contributed by atoms with Crippen molar-refractivity contribution in [2.45, 2.75) is 31.7 Å². The van der Waals surface area contributed by atoms with Crippen LogP contribution in [0.25, 0.3) is 11.1 Å². The van der Waals surface area contributed by atoms with Gasteiger partial charge in [-0.1, -0.05) is 48.5 Å². The highest BCUT2D eigenvalue weighted by Gasteiger charge is 2.32. The molecule has 1 aliphatic carbocycles. The fourth-order valence-corrected chi connectivity index (χ4v) is 3.42. The molecule has 0 atom stereocenters. The first-order valence-electron chi connectivity index (χ1n) is 8.25. The topological polar surface area (TPSA) is 57.6 Å². The summed E-state index contributed by atoms with van der Waals surface area (Å²) >= 11 is 0. The number of hydrogen-bond acceptors (Lipinski definition) is 2. The SMILES string of the molecule is CN(C(=O)CCCCC(=O)O)C1c2ccccc2-c2ccccc21. The molecule has 0 saturated heterocycles. The lowest BCUT2D eigenvalue weighted by atomic mass is 10.0. The van der Waals surface area contributed by atoms with Gasteiger partial charge in [-0.2, -0.15) is 0 Å². The van der Waals surface area contributed by atoms with Gasteiger partial charge in [0.15, 0.2) is 0 Å². The lowest BCUT2D eigenvalue weighted by Crippen LogP contribution is -2.30. The number of fused-ring (bicyclic) bond motifs is 3. The summed E-state index contributed by atoms with van der Waals surface area (Å²) in [7, 11) is 1.84. The Morgan fingerprint density at radius 3 is 1.96 bits per heavy atom. The van der Waals surface area contributed by atoms with Crippen LogP contribution in [0.3, 0.4) is 0 Å². The van der Waals surface area contributed by atoms with Crippen molar-refractivity contribution < 1.29 is 14.7 Å². The molecule has 0 aliphatic heterocycles. The number of carboxylic acids is 1. The molecule has 0 bridgehead atoms. The number of aliphatic carboxylic acids is 1. The standard InChI is InChI=1S/C20H21NO3/c1-21(18(22)12-6-7-13-19(23)24)20-16-10-4-2-8-14(16)15-9-3-5-11-17(15)20/h2-5,8-11,20H,6-7,12-13H2,1H3,(H,23,24). The second-order valence-corrected chi connectivity index (χ2v) is 6.18. The summed E-state index contributed by atoms with van der Waals surface area (Å²) in [6.45, 7) is 0. The second kappa shape index (κ2) is 6.87. The molecule has 2 aromatic carbocycles. The van der Waals surface area contributed by atoms with Gasteiger partial charge >= 0.3 is 5.97 Å². The number of unbranched alkanes of at least 4 members (excludes halogenated alkanes) is 1. The Labute approximate surface area is 141 Å². The van der Waals surface area contributed by atoms with Gasteiger partial charge in [-0.05, 0) is 35.1 Å². The summed E-state index contributed by atoms with van der Waals surface area (Å²) in [5, 5.41) is 8.68. The predicted molar refractivity (Wildman–Crippen MR) is 92.6 cm³/mol. The Kier molecular flexibility index (Phi) is 4.65. The second-order valence-electron chi connectivity index (χ2n) is 6.18. The van der Waals surface area contributed by atoms with Crippen molar-refractivity contribution in [3.63, 3.8) is 0 Å². The van der Waals surface area contributed by atoms with Crippen LogP contribution >= 0.6 is 0 Å². The van der Waals surface area contributed by atoms with Crippen molar-refractivity contribution >= 4 is 11.9 Å². The van der Waals surface area contributed by atoms with Crippen molar-refractivity contribution in [3.8, 4) is 11.1 Å². The Bertz CT molecular complexity index is 723. The number of amides is 1. The van der Waals surface area contributed by atoms with E-state index in [1.165, 1.54) is 11.1 Å². The number of rotatable bonds is 6. The van der Waals surface area contributed by atoms with E-state index in [4.69, 9.17) is 5.11 Å². The van der Waals surface area contributed by atoms with Crippen molar-refractivity contribution in [2.24, 2.45) is 0 Å². The minimum atomic E-state index is -0.811. The zero-order chi connectivity index (χ0) is 17.1. The Balaban J connectivity index is 1.78. The molecule has 4 nitrogen and oxygen atoms in total. The van der Waals surface area contributed by atoms with E-state index in [9.17, 15) is 9.59 Å². The van der Waals surface area contributed by atoms with Crippen LogP contribution in [0.2, 0.25) is 0 Å². The largest absolute Gasteiger partial charge is 0.481 e. The molecule has 4 heteroatoms. The molecule has 3 rings (SSSR count). The van der Waals surface area contributed by atoms with Crippen molar-refractivity contribution in [2.75, 3.05) is 7.05 Å². The van der Waals surface area contributed by atoms with E-state index in [0.717, 1.165) is 11.1 Å². The molecule has 1 aliphatic rings. The third-order valence-electron chi connectivity index (χ3n) is 4.61. The van der Waals surface area contributed by atoms with Crippen LogP contribution in [0.5, 0.6) is 0 Å². The van der Waals surface area contributed by atoms with E-state index >= 15 is 0 Å². The molecule has 0 fully saturated rings. The highest BCUT2D eigenvalue weighted by molar-refractivity contribution is 5.83. The van der Waals surface area contributed by atoms with Crippen molar-refractivity contribution in [3.05, 3.63) is 59.7 Å². The maximum Gasteiger partial charge on any atom is 0.303 e. The van der Waals surface area contributed by atoms with E-state index in [1.807, 2.05) is 31.3 Å². The molecule has 24 heavy (non-hydrogen) atoms. The molecule has 0 aromatic heterocycles. The summed E-state index contributed by atoms with van der Waals surface area (Å²) in [5.74, 6) is -0.758. The minimum absolute atomic E-state index is 0.0527. The molecule has 124 valence electrons. The summed E-state index contributed by atoms with van der Waals surface area (Å²) in [6, 6.07) is 16.3. The molecular formula is C20H21NO3. The first-order valence-corrected chi connectivity index (χ1v) is 8.25. The van der Waals surface area contributed by atoms with E-state index < -0.39 is 5.97 Å². The van der Waals surface area contributed by atoms with E-state index in [2.05, 4.69) is 24.3 Å². The summed E-state index contributed by atoms with van der Waals surface area (Å²) in [4.78, 5) is 24.9. The Morgan fingerprint density at radius 1 is 0.917 bits per heavy atom. The highest BCUT2D eigenvalue weighted by Crippen LogP contribution is 2.45. The maximum absolute atomic E-state index is 12.6. The van der Waals surface area contributed by atoms with Gasteiger partial charge in [0.25, 0.3) is 0 Å². The van der Waals surface area contributed by atoms with Gasteiger partial charge in [0.2, 0.25) is 5.91 Å². The predicted octanol–water partition coefficient (Wildman–Crippen LogP) is 3.86. The molecule has 2 aromatic rings. The van der Waals surface area contributed by atoms with Crippen LogP contribution in [0.4, 0.5) is 0 Å². The average molecular weight is 323 g/mol. The summed E-state index contributed by atoms with van der Waals surface area (Å²) in [6.07, 6.45) is 1.63. The van der Waals surface area contributed by atoms with Crippen LogP contribution < -0.4 is 0 Å². The van der Waals surface area contributed by atoms with E-state index in [-0.39, 0.29) is 18.4 Å². The smallest absolute Gasteiger partial charge is 0.303 e. The third kappa shape index (κ3) is 3.04. The van der Waals surface area contributed by atoms with E-state index in [1.54, 1.807) is 4.90 Å². The molecule has 0 saturated carbocycles. The zero-order valence-corrected chi connectivity index (χ0v) is 13.7. The van der Waals surface area contributed by atoms with Gasteiger partial charge in [-0.25, -0.2) is 0 Å². The van der Waals surface area contributed by atoms with Gasteiger partial charge in [-0.15, -0.1) is 0 Å². The van der Waals surface area contributed by atoms with E-state index in [0.29, 0.717) is 19.3 Å². The molecule has 0 heterocycles. The van der Waals surface area contributed by atoms with Gasteiger partial charge in [0, 0.05) is 19.9 Å². The number of benzene rings is 2. The fraction of sp³-hybridized carbons (Fsp3) is 0.300.